The second-order valence-corrected chi connectivity index (χ2v) is 13.5. The molecule has 1 aromatic heterocycles. The number of halogens is 2. The van der Waals surface area contributed by atoms with Gasteiger partial charge < -0.3 is 4.74 Å². The molecular formula is C30H32Cl2N4O4S2. The summed E-state index contributed by atoms with van der Waals surface area (Å²) in [5, 5.41) is 1.11. The topological polar surface area (TPSA) is 83.1 Å². The van der Waals surface area contributed by atoms with Crippen molar-refractivity contribution in [1.82, 2.24) is 9.88 Å². The molecule has 0 unspecified atom stereocenters. The van der Waals surface area contributed by atoms with Crippen LogP contribution in [0, 0.1) is 0 Å². The maximum atomic E-state index is 13.9. The van der Waals surface area contributed by atoms with Crippen LogP contribution in [0.15, 0.2) is 71.6 Å². The van der Waals surface area contributed by atoms with Gasteiger partial charge in [-0.2, -0.15) is 0 Å². The van der Waals surface area contributed by atoms with E-state index >= 15 is 0 Å². The molecule has 1 amide bonds. The fourth-order valence-corrected chi connectivity index (χ4v) is 8.21. The molecule has 42 heavy (non-hydrogen) atoms. The normalized spacial score (nSPS) is 15.7. The van der Waals surface area contributed by atoms with Gasteiger partial charge in [0.05, 0.1) is 33.5 Å². The van der Waals surface area contributed by atoms with Gasteiger partial charge in [0.25, 0.3) is 15.9 Å². The number of hydrogen-bond donors (Lipinski definition) is 0. The third kappa shape index (κ3) is 6.29. The third-order valence-corrected chi connectivity index (χ3v) is 10.7. The van der Waals surface area contributed by atoms with Crippen molar-refractivity contribution >= 4 is 72.3 Å². The molecule has 0 bridgehead atoms. The second kappa shape index (κ2) is 13.3. The molecule has 2 aliphatic rings. The van der Waals surface area contributed by atoms with Gasteiger partial charge in [-0.3, -0.25) is 18.9 Å². The number of thiazole rings is 1. The molecule has 3 heterocycles. The number of rotatable bonds is 8. The van der Waals surface area contributed by atoms with Gasteiger partial charge in [0.15, 0.2) is 5.13 Å². The molecule has 222 valence electrons. The highest BCUT2D eigenvalue weighted by Gasteiger charge is 2.29. The molecule has 12 heteroatoms. The van der Waals surface area contributed by atoms with Crippen LogP contribution < -0.4 is 9.21 Å². The highest BCUT2D eigenvalue weighted by molar-refractivity contribution is 7.92. The van der Waals surface area contributed by atoms with Crippen LogP contribution in [0.2, 0.25) is 5.02 Å². The molecule has 8 nitrogen and oxygen atoms in total. The number of carbonyl (C=O) groups is 1. The van der Waals surface area contributed by atoms with Gasteiger partial charge >= 0.3 is 0 Å². The third-order valence-electron chi connectivity index (χ3n) is 7.55. The van der Waals surface area contributed by atoms with Gasteiger partial charge in [0, 0.05) is 38.3 Å². The molecule has 0 aliphatic carbocycles. The lowest BCUT2D eigenvalue weighted by Crippen LogP contribution is -2.39. The summed E-state index contributed by atoms with van der Waals surface area (Å²) in [5.41, 5.74) is 2.82. The van der Waals surface area contributed by atoms with E-state index in [1.165, 1.54) is 27.8 Å². The van der Waals surface area contributed by atoms with Gasteiger partial charge in [-0.25, -0.2) is 13.4 Å². The van der Waals surface area contributed by atoms with Crippen molar-refractivity contribution in [2.75, 3.05) is 55.1 Å². The lowest BCUT2D eigenvalue weighted by Gasteiger charge is -2.30. The van der Waals surface area contributed by atoms with Crippen LogP contribution in [0.25, 0.3) is 10.2 Å². The van der Waals surface area contributed by atoms with Gasteiger partial charge in [-0.05, 0) is 67.3 Å². The summed E-state index contributed by atoms with van der Waals surface area (Å²) in [6.45, 7) is 4.93. The van der Waals surface area contributed by atoms with E-state index in [0.29, 0.717) is 34.3 Å². The Kier molecular flexibility index (Phi) is 9.71. The molecule has 0 radical (unpaired) electrons. The number of aromatic nitrogens is 1. The zero-order valence-electron chi connectivity index (χ0n) is 22.9. The smallest absolute Gasteiger partial charge is 0.264 e. The van der Waals surface area contributed by atoms with E-state index in [4.69, 9.17) is 21.3 Å². The van der Waals surface area contributed by atoms with E-state index in [1.54, 1.807) is 23.1 Å². The Morgan fingerprint density at radius 3 is 2.52 bits per heavy atom. The van der Waals surface area contributed by atoms with E-state index in [0.717, 1.165) is 68.1 Å². The zero-order valence-corrected chi connectivity index (χ0v) is 26.2. The molecule has 1 saturated heterocycles. The monoisotopic (exact) mass is 646 g/mol. The number of amides is 1. The minimum atomic E-state index is -3.77. The Morgan fingerprint density at radius 2 is 1.76 bits per heavy atom. The lowest BCUT2D eigenvalue weighted by atomic mass is 10.0. The molecule has 0 atom stereocenters. The summed E-state index contributed by atoms with van der Waals surface area (Å²) >= 11 is 7.82. The molecule has 0 saturated carbocycles. The number of hydrogen-bond acceptors (Lipinski definition) is 7. The standard InChI is InChI=1S/C30H31ClN4O4S2.ClH/c31-25-8-3-10-27-28(25)32-30(40-27)34(16-5-15-33-18-20-39-21-19-33)29(36)23-11-13-24(14-12-23)41(37,38)35-17-4-7-22-6-1-2-9-26(22)35;/h1-3,6,8-14H,4-5,7,15-21H2;1H. The molecule has 0 N–H and O–H groups in total. The number of benzene rings is 3. The number of para-hydroxylation sites is 2. The highest BCUT2D eigenvalue weighted by atomic mass is 35.5. The summed E-state index contributed by atoms with van der Waals surface area (Å²) < 4.78 is 35.0. The maximum absolute atomic E-state index is 13.9. The average Bonchev–Trinajstić information content (AvgIpc) is 3.45. The van der Waals surface area contributed by atoms with Gasteiger partial charge in [-0.1, -0.05) is 47.2 Å². The summed E-state index contributed by atoms with van der Waals surface area (Å²) in [4.78, 5) is 22.8. The van der Waals surface area contributed by atoms with E-state index in [9.17, 15) is 13.2 Å². The quantitative estimate of drug-likeness (QED) is 0.238. The molecule has 4 aromatic rings. The van der Waals surface area contributed by atoms with Crippen molar-refractivity contribution in [2.45, 2.75) is 24.2 Å². The SMILES string of the molecule is Cl.O=C(c1ccc(S(=O)(=O)N2CCCc3ccccc32)cc1)N(CCCN1CCOCC1)c1nc2c(Cl)cccc2s1. The van der Waals surface area contributed by atoms with Crippen molar-refractivity contribution < 1.29 is 17.9 Å². The Hall–Kier alpha value is -2.73. The van der Waals surface area contributed by atoms with Crippen LogP contribution in [-0.2, 0) is 21.2 Å². The summed E-state index contributed by atoms with van der Waals surface area (Å²) in [5.74, 6) is -0.227. The first kappa shape index (κ1) is 30.7. The van der Waals surface area contributed by atoms with Gasteiger partial charge in [0.2, 0.25) is 0 Å². The van der Waals surface area contributed by atoms with Crippen LogP contribution in [0.5, 0.6) is 0 Å². The molecule has 0 spiro atoms. The lowest BCUT2D eigenvalue weighted by molar-refractivity contribution is 0.0376. The van der Waals surface area contributed by atoms with Crippen LogP contribution in [0.3, 0.4) is 0 Å². The number of ether oxygens (including phenoxy) is 1. The second-order valence-electron chi connectivity index (χ2n) is 10.2. The number of anilines is 2. The molecule has 1 fully saturated rings. The van der Waals surface area contributed by atoms with Crippen molar-refractivity contribution in [3.63, 3.8) is 0 Å². The van der Waals surface area contributed by atoms with Gasteiger partial charge in [0.1, 0.15) is 5.52 Å². The van der Waals surface area contributed by atoms with Crippen LogP contribution in [0.4, 0.5) is 10.8 Å². The van der Waals surface area contributed by atoms with E-state index < -0.39 is 10.0 Å². The number of sulfonamides is 1. The van der Waals surface area contributed by atoms with Crippen molar-refractivity contribution in [3.05, 3.63) is 82.9 Å². The van der Waals surface area contributed by atoms with E-state index in [-0.39, 0.29) is 23.2 Å². The van der Waals surface area contributed by atoms with E-state index in [2.05, 4.69) is 4.90 Å². The van der Waals surface area contributed by atoms with Crippen LogP contribution >= 0.6 is 35.3 Å². The molecule has 3 aromatic carbocycles. The largest absolute Gasteiger partial charge is 0.379 e. The van der Waals surface area contributed by atoms with Gasteiger partial charge in [-0.15, -0.1) is 12.4 Å². The summed E-state index contributed by atoms with van der Waals surface area (Å²) in [6.07, 6.45) is 2.38. The average molecular weight is 648 g/mol. The Bertz CT molecular complexity index is 1660. The fraction of sp³-hybridized carbons (Fsp3) is 0.333. The molecular weight excluding hydrogens is 615 g/mol. The van der Waals surface area contributed by atoms with Crippen LogP contribution in [0.1, 0.15) is 28.8 Å². The zero-order chi connectivity index (χ0) is 28.4. The maximum Gasteiger partial charge on any atom is 0.264 e. The van der Waals surface area contributed by atoms with Crippen molar-refractivity contribution in [1.29, 1.82) is 0 Å². The number of aryl methyl sites for hydroxylation is 1. The predicted molar refractivity (Wildman–Crippen MR) is 171 cm³/mol. The molecule has 2 aliphatic heterocycles. The highest BCUT2D eigenvalue weighted by Crippen LogP contribution is 2.34. The fourth-order valence-electron chi connectivity index (χ4n) is 5.38. The minimum Gasteiger partial charge on any atom is -0.379 e. The number of nitrogens with zero attached hydrogens (tertiary/aromatic N) is 4. The first-order chi connectivity index (χ1) is 19.9. The summed E-state index contributed by atoms with van der Waals surface area (Å²) in [7, 11) is -3.77. The first-order valence-electron chi connectivity index (χ1n) is 13.8. The number of fused-ring (bicyclic) bond motifs is 2. The Balaban J connectivity index is 0.00000353. The molecule has 6 rings (SSSR count). The predicted octanol–water partition coefficient (Wildman–Crippen LogP) is 5.88. The minimum absolute atomic E-state index is 0. The Labute approximate surface area is 261 Å². The van der Waals surface area contributed by atoms with Crippen molar-refractivity contribution in [3.8, 4) is 0 Å². The summed E-state index contributed by atoms with van der Waals surface area (Å²) in [6, 6.07) is 19.5. The van der Waals surface area contributed by atoms with Crippen molar-refractivity contribution in [2.24, 2.45) is 0 Å². The number of morpholine rings is 1. The van der Waals surface area contributed by atoms with E-state index in [1.807, 2.05) is 36.4 Å². The number of carbonyl (C=O) groups excluding carboxylic acids is 1. The first-order valence-corrected chi connectivity index (χ1v) is 16.4. The Morgan fingerprint density at radius 1 is 1.00 bits per heavy atom. The van der Waals surface area contributed by atoms with Crippen LogP contribution in [-0.4, -0.2) is 70.1 Å².